The molecule has 0 atom stereocenters. The summed E-state index contributed by atoms with van der Waals surface area (Å²) >= 11 is 12.5. The highest BCUT2D eigenvalue weighted by Gasteiger charge is 2.20. The molecule has 2 rings (SSSR count). The topological polar surface area (TPSA) is 22.1 Å². The van der Waals surface area contributed by atoms with Crippen LogP contribution in [0.2, 0.25) is 10.0 Å². The van der Waals surface area contributed by atoms with Gasteiger partial charge in [-0.15, -0.1) is 0 Å². The van der Waals surface area contributed by atoms with Crippen molar-refractivity contribution in [3.05, 3.63) is 33.9 Å². The fourth-order valence-corrected chi connectivity index (χ4v) is 2.27. The van der Waals surface area contributed by atoms with Crippen molar-refractivity contribution in [2.75, 3.05) is 7.11 Å². The lowest BCUT2D eigenvalue weighted by molar-refractivity contribution is 0.419. The summed E-state index contributed by atoms with van der Waals surface area (Å²) in [5.41, 5.74) is 1.52. The molecule has 0 N–H and O–H groups in total. The Labute approximate surface area is 117 Å². The Kier molecular flexibility index (Phi) is 3.43. The van der Waals surface area contributed by atoms with Crippen molar-refractivity contribution in [1.29, 1.82) is 0 Å². The van der Waals surface area contributed by atoms with Crippen molar-refractivity contribution in [2.24, 2.45) is 0 Å². The molecule has 0 unspecified atom stereocenters. The first-order chi connectivity index (χ1) is 8.34. The van der Waals surface area contributed by atoms with E-state index in [0.29, 0.717) is 21.3 Å². The lowest BCUT2D eigenvalue weighted by atomic mass is 9.91. The standard InChI is InChI=1S/C14H15Cl2NO/c1-14(2,3)11-7-9(16)12-10(18-4)6-5-8(15)13(12)17-11/h5-7H,1-4H3. The Morgan fingerprint density at radius 2 is 1.78 bits per heavy atom. The monoisotopic (exact) mass is 283 g/mol. The average Bonchev–Trinajstić information content (AvgIpc) is 2.29. The Bertz CT molecular complexity index is 603. The molecule has 0 amide bonds. The van der Waals surface area contributed by atoms with Crippen LogP contribution < -0.4 is 4.74 Å². The number of aromatic nitrogens is 1. The molecule has 96 valence electrons. The van der Waals surface area contributed by atoms with Crippen LogP contribution in [0.1, 0.15) is 26.5 Å². The minimum absolute atomic E-state index is 0.0791. The summed E-state index contributed by atoms with van der Waals surface area (Å²) in [5.74, 6) is 0.687. The summed E-state index contributed by atoms with van der Waals surface area (Å²) in [6.45, 7) is 6.27. The van der Waals surface area contributed by atoms with E-state index in [1.54, 1.807) is 19.2 Å². The first-order valence-electron chi connectivity index (χ1n) is 5.68. The second-order valence-electron chi connectivity index (χ2n) is 5.21. The van der Waals surface area contributed by atoms with Crippen molar-refractivity contribution >= 4 is 34.1 Å². The molecular weight excluding hydrogens is 269 g/mol. The van der Waals surface area contributed by atoms with Crippen LogP contribution in [0.25, 0.3) is 10.9 Å². The molecule has 0 aliphatic carbocycles. The van der Waals surface area contributed by atoms with Crippen molar-refractivity contribution in [3.8, 4) is 5.75 Å². The number of ether oxygens (including phenoxy) is 1. The Morgan fingerprint density at radius 1 is 1.11 bits per heavy atom. The molecule has 0 bridgehead atoms. The van der Waals surface area contributed by atoms with E-state index in [2.05, 4.69) is 25.8 Å². The molecule has 0 aliphatic heterocycles. The molecule has 0 saturated carbocycles. The Morgan fingerprint density at radius 3 is 2.33 bits per heavy atom. The third-order valence-electron chi connectivity index (χ3n) is 2.81. The van der Waals surface area contributed by atoms with Crippen molar-refractivity contribution in [1.82, 2.24) is 4.98 Å². The molecule has 18 heavy (non-hydrogen) atoms. The predicted molar refractivity (Wildman–Crippen MR) is 77.0 cm³/mol. The van der Waals surface area contributed by atoms with Crippen LogP contribution in [0, 0.1) is 0 Å². The maximum Gasteiger partial charge on any atom is 0.129 e. The quantitative estimate of drug-likeness (QED) is 0.747. The van der Waals surface area contributed by atoms with Gasteiger partial charge in [0.2, 0.25) is 0 Å². The SMILES string of the molecule is COc1ccc(Cl)c2nc(C(C)(C)C)cc(Cl)c12. The lowest BCUT2D eigenvalue weighted by Gasteiger charge is -2.19. The maximum atomic E-state index is 6.35. The van der Waals surface area contributed by atoms with Gasteiger partial charge in [-0.2, -0.15) is 0 Å². The zero-order chi connectivity index (χ0) is 13.5. The number of hydrogen-bond acceptors (Lipinski definition) is 2. The van der Waals surface area contributed by atoms with E-state index >= 15 is 0 Å². The van der Waals surface area contributed by atoms with E-state index in [4.69, 9.17) is 27.9 Å². The maximum absolute atomic E-state index is 6.35. The molecule has 0 spiro atoms. The van der Waals surface area contributed by atoms with Crippen LogP contribution in [0.3, 0.4) is 0 Å². The first kappa shape index (κ1) is 13.4. The van der Waals surface area contributed by atoms with Crippen LogP contribution in [-0.2, 0) is 5.41 Å². The molecule has 1 aromatic heterocycles. The lowest BCUT2D eigenvalue weighted by Crippen LogP contribution is -2.13. The second-order valence-corrected chi connectivity index (χ2v) is 6.03. The van der Waals surface area contributed by atoms with Gasteiger partial charge in [0.05, 0.1) is 28.1 Å². The van der Waals surface area contributed by atoms with Gasteiger partial charge in [0, 0.05) is 11.1 Å². The normalized spacial score (nSPS) is 11.9. The van der Waals surface area contributed by atoms with E-state index in [1.165, 1.54) is 0 Å². The molecule has 2 aromatic rings. The van der Waals surface area contributed by atoms with Gasteiger partial charge in [0.25, 0.3) is 0 Å². The number of benzene rings is 1. The zero-order valence-electron chi connectivity index (χ0n) is 10.8. The molecular formula is C14H15Cl2NO. The largest absolute Gasteiger partial charge is 0.496 e. The van der Waals surface area contributed by atoms with Gasteiger partial charge in [0.15, 0.2) is 0 Å². The smallest absolute Gasteiger partial charge is 0.129 e. The van der Waals surface area contributed by atoms with Gasteiger partial charge in [-0.05, 0) is 18.2 Å². The highest BCUT2D eigenvalue weighted by molar-refractivity contribution is 6.39. The number of hydrogen-bond donors (Lipinski definition) is 0. The van der Waals surface area contributed by atoms with E-state index in [1.807, 2.05) is 6.07 Å². The van der Waals surface area contributed by atoms with Crippen LogP contribution in [0.15, 0.2) is 18.2 Å². The molecule has 1 heterocycles. The van der Waals surface area contributed by atoms with Gasteiger partial charge in [0.1, 0.15) is 5.75 Å². The van der Waals surface area contributed by atoms with Crippen molar-refractivity contribution in [2.45, 2.75) is 26.2 Å². The molecule has 0 radical (unpaired) electrons. The summed E-state index contributed by atoms with van der Waals surface area (Å²) in [6, 6.07) is 5.45. The molecule has 2 nitrogen and oxygen atoms in total. The Hall–Kier alpha value is -0.990. The van der Waals surface area contributed by atoms with E-state index in [0.717, 1.165) is 11.1 Å². The van der Waals surface area contributed by atoms with Gasteiger partial charge in [-0.25, -0.2) is 0 Å². The first-order valence-corrected chi connectivity index (χ1v) is 6.43. The fraction of sp³-hybridized carbons (Fsp3) is 0.357. The van der Waals surface area contributed by atoms with Crippen LogP contribution >= 0.6 is 23.2 Å². The zero-order valence-corrected chi connectivity index (χ0v) is 12.4. The fourth-order valence-electron chi connectivity index (χ4n) is 1.79. The van der Waals surface area contributed by atoms with Gasteiger partial charge < -0.3 is 4.74 Å². The number of rotatable bonds is 1. The summed E-state index contributed by atoms with van der Waals surface area (Å²) < 4.78 is 5.31. The van der Waals surface area contributed by atoms with Gasteiger partial charge in [-0.3, -0.25) is 4.98 Å². The minimum atomic E-state index is -0.0791. The van der Waals surface area contributed by atoms with Crippen molar-refractivity contribution in [3.63, 3.8) is 0 Å². The second kappa shape index (κ2) is 4.60. The van der Waals surface area contributed by atoms with E-state index < -0.39 is 0 Å². The van der Waals surface area contributed by atoms with Gasteiger partial charge in [-0.1, -0.05) is 44.0 Å². The molecule has 0 saturated heterocycles. The Balaban J connectivity index is 2.85. The summed E-state index contributed by atoms with van der Waals surface area (Å²) in [7, 11) is 1.61. The third-order valence-corrected chi connectivity index (χ3v) is 3.42. The number of pyridine rings is 1. The van der Waals surface area contributed by atoms with Crippen LogP contribution in [0.5, 0.6) is 5.75 Å². The predicted octanol–water partition coefficient (Wildman–Crippen LogP) is 4.85. The average molecular weight is 284 g/mol. The van der Waals surface area contributed by atoms with Crippen LogP contribution in [-0.4, -0.2) is 12.1 Å². The molecule has 0 aliphatic rings. The van der Waals surface area contributed by atoms with E-state index in [9.17, 15) is 0 Å². The molecule has 0 fully saturated rings. The minimum Gasteiger partial charge on any atom is -0.496 e. The molecule has 4 heteroatoms. The summed E-state index contributed by atoms with van der Waals surface area (Å²) in [6.07, 6.45) is 0. The molecule has 1 aromatic carbocycles. The highest BCUT2D eigenvalue weighted by Crippen LogP contribution is 2.37. The van der Waals surface area contributed by atoms with Crippen molar-refractivity contribution < 1.29 is 4.74 Å². The summed E-state index contributed by atoms with van der Waals surface area (Å²) in [5, 5.41) is 1.96. The number of nitrogens with zero attached hydrogens (tertiary/aromatic N) is 1. The van der Waals surface area contributed by atoms with E-state index in [-0.39, 0.29) is 5.41 Å². The number of fused-ring (bicyclic) bond motifs is 1. The third kappa shape index (κ3) is 2.27. The summed E-state index contributed by atoms with van der Waals surface area (Å²) in [4.78, 5) is 4.62. The number of methoxy groups -OCH3 is 1. The highest BCUT2D eigenvalue weighted by atomic mass is 35.5. The van der Waals surface area contributed by atoms with Gasteiger partial charge >= 0.3 is 0 Å². The number of halogens is 2. The van der Waals surface area contributed by atoms with Crippen LogP contribution in [0.4, 0.5) is 0 Å².